The van der Waals surface area contributed by atoms with Gasteiger partial charge in [0.1, 0.15) is 5.75 Å². The molecule has 0 aliphatic carbocycles. The van der Waals surface area contributed by atoms with Crippen LogP contribution in [0.3, 0.4) is 0 Å². The van der Waals surface area contributed by atoms with E-state index in [1.54, 1.807) is 18.2 Å². The largest absolute Gasteiger partial charge is 0.495 e. The second kappa shape index (κ2) is 6.71. The third-order valence-electron chi connectivity index (χ3n) is 6.26. The van der Waals surface area contributed by atoms with Crippen molar-refractivity contribution in [3.05, 3.63) is 64.8 Å². The number of hydrogen-bond donors (Lipinski definition) is 0. The number of rotatable bonds is 3. The van der Waals surface area contributed by atoms with Gasteiger partial charge < -0.3 is 9.64 Å². The minimum Gasteiger partial charge on any atom is -0.495 e. The summed E-state index contributed by atoms with van der Waals surface area (Å²) >= 11 is 6.15. The van der Waals surface area contributed by atoms with E-state index in [0.717, 1.165) is 16.0 Å². The number of imide groups is 1. The predicted molar refractivity (Wildman–Crippen MR) is 112 cm³/mol. The maximum absolute atomic E-state index is 13.7. The lowest BCUT2D eigenvalue weighted by Gasteiger charge is -2.35. The lowest BCUT2D eigenvalue weighted by Crippen LogP contribution is -2.43. The molecule has 0 spiro atoms. The summed E-state index contributed by atoms with van der Waals surface area (Å²) in [6, 6.07) is 11.5. The Morgan fingerprint density at radius 1 is 1.07 bits per heavy atom. The van der Waals surface area contributed by atoms with Gasteiger partial charge in [0.15, 0.2) is 5.78 Å². The Labute approximate surface area is 178 Å². The third kappa shape index (κ3) is 2.46. The summed E-state index contributed by atoms with van der Waals surface area (Å²) in [6.45, 7) is 1.47. The van der Waals surface area contributed by atoms with Gasteiger partial charge in [0.2, 0.25) is 11.8 Å². The minimum atomic E-state index is -0.764. The number of ketones is 1. The number of ether oxygens (including phenoxy) is 1. The molecule has 0 radical (unpaired) electrons. The van der Waals surface area contributed by atoms with Crippen LogP contribution in [0, 0.1) is 11.8 Å². The molecule has 0 saturated carbocycles. The van der Waals surface area contributed by atoms with Crippen molar-refractivity contribution in [3.8, 4) is 5.75 Å². The van der Waals surface area contributed by atoms with Crippen molar-refractivity contribution >= 4 is 41.0 Å². The zero-order valence-corrected chi connectivity index (χ0v) is 17.2. The first kappa shape index (κ1) is 18.9. The van der Waals surface area contributed by atoms with Crippen molar-refractivity contribution in [2.75, 3.05) is 12.0 Å². The van der Waals surface area contributed by atoms with Crippen molar-refractivity contribution in [2.24, 2.45) is 11.8 Å². The summed E-state index contributed by atoms with van der Waals surface area (Å²) in [4.78, 5) is 42.9. The fourth-order valence-electron chi connectivity index (χ4n) is 5.10. The molecule has 0 aromatic heterocycles. The maximum atomic E-state index is 13.7. The van der Waals surface area contributed by atoms with Gasteiger partial charge in [-0.15, -0.1) is 0 Å². The Hall–Kier alpha value is -3.12. The fraction of sp³-hybridized carbons (Fsp3) is 0.261. The van der Waals surface area contributed by atoms with Crippen LogP contribution in [-0.4, -0.2) is 35.6 Å². The van der Waals surface area contributed by atoms with Gasteiger partial charge in [-0.2, -0.15) is 0 Å². The summed E-state index contributed by atoms with van der Waals surface area (Å²) < 4.78 is 5.38. The first-order chi connectivity index (χ1) is 14.4. The summed E-state index contributed by atoms with van der Waals surface area (Å²) in [7, 11) is 1.47. The van der Waals surface area contributed by atoms with Gasteiger partial charge in [0.25, 0.3) is 0 Å². The van der Waals surface area contributed by atoms with E-state index in [4.69, 9.17) is 16.3 Å². The van der Waals surface area contributed by atoms with Crippen LogP contribution in [0.25, 0.3) is 6.08 Å². The predicted octanol–water partition coefficient (Wildman–Crippen LogP) is 3.45. The first-order valence-electron chi connectivity index (χ1n) is 9.70. The van der Waals surface area contributed by atoms with E-state index in [-0.39, 0.29) is 17.7 Å². The quantitative estimate of drug-likeness (QED) is 0.709. The first-order valence-corrected chi connectivity index (χ1v) is 10.1. The SMILES string of the molecule is COc1ccc(Cl)cc1N1C(=O)[C@H]2[C@H](C1=O)[C@H]1c3ccccc3C=CN1[C@@H]2C(C)=O. The zero-order chi connectivity index (χ0) is 21.2. The van der Waals surface area contributed by atoms with E-state index in [1.165, 1.54) is 14.0 Å². The van der Waals surface area contributed by atoms with Crippen LogP contribution in [0.4, 0.5) is 5.69 Å². The number of carbonyl (C=O) groups is 3. The van der Waals surface area contributed by atoms with Gasteiger partial charge in [-0.05, 0) is 42.3 Å². The Kier molecular flexibility index (Phi) is 4.22. The molecule has 2 aromatic rings. The molecule has 3 aliphatic rings. The van der Waals surface area contributed by atoms with Crippen molar-refractivity contribution in [1.29, 1.82) is 0 Å². The Balaban J connectivity index is 1.67. The molecule has 2 aromatic carbocycles. The molecule has 7 heteroatoms. The van der Waals surface area contributed by atoms with Gasteiger partial charge in [-0.25, -0.2) is 4.90 Å². The van der Waals surface area contributed by atoms with Crippen LogP contribution < -0.4 is 9.64 Å². The van der Waals surface area contributed by atoms with Crippen LogP contribution in [0.5, 0.6) is 5.75 Å². The Morgan fingerprint density at radius 2 is 1.80 bits per heavy atom. The monoisotopic (exact) mass is 422 g/mol. The number of amides is 2. The maximum Gasteiger partial charge on any atom is 0.240 e. The molecule has 3 aliphatic heterocycles. The van der Waals surface area contributed by atoms with Crippen LogP contribution >= 0.6 is 11.6 Å². The molecule has 0 bridgehead atoms. The van der Waals surface area contributed by atoms with Gasteiger partial charge >= 0.3 is 0 Å². The normalized spacial score (nSPS) is 26.5. The molecule has 6 nitrogen and oxygen atoms in total. The van der Waals surface area contributed by atoms with Crippen molar-refractivity contribution in [3.63, 3.8) is 0 Å². The lowest BCUT2D eigenvalue weighted by atomic mass is 9.84. The van der Waals surface area contributed by atoms with Crippen LogP contribution in [0.15, 0.2) is 48.7 Å². The molecule has 4 atom stereocenters. The van der Waals surface area contributed by atoms with E-state index >= 15 is 0 Å². The van der Waals surface area contributed by atoms with Gasteiger partial charge in [0.05, 0.1) is 36.7 Å². The number of nitrogens with zero attached hydrogens (tertiary/aromatic N) is 2. The van der Waals surface area contributed by atoms with Gasteiger partial charge in [0, 0.05) is 11.2 Å². The van der Waals surface area contributed by atoms with E-state index in [9.17, 15) is 14.4 Å². The highest BCUT2D eigenvalue weighted by atomic mass is 35.5. The highest BCUT2D eigenvalue weighted by molar-refractivity contribution is 6.31. The number of Topliss-reactive ketones (excluding diaryl/α,β-unsaturated/α-hetero) is 1. The van der Waals surface area contributed by atoms with Crippen molar-refractivity contribution < 1.29 is 19.1 Å². The molecule has 0 N–H and O–H groups in total. The highest BCUT2D eigenvalue weighted by Crippen LogP contribution is 2.54. The number of anilines is 1. The summed E-state index contributed by atoms with van der Waals surface area (Å²) in [5.41, 5.74) is 2.24. The van der Waals surface area contributed by atoms with E-state index in [1.807, 2.05) is 41.4 Å². The van der Waals surface area contributed by atoms with Crippen LogP contribution in [-0.2, 0) is 14.4 Å². The molecule has 0 unspecified atom stereocenters. The van der Waals surface area contributed by atoms with Gasteiger partial charge in [-0.1, -0.05) is 35.9 Å². The molecular formula is C23H19ClN2O4. The van der Waals surface area contributed by atoms with Crippen LogP contribution in [0.2, 0.25) is 5.02 Å². The average molecular weight is 423 g/mol. The number of halogens is 1. The molecule has 2 saturated heterocycles. The summed E-state index contributed by atoms with van der Waals surface area (Å²) in [6.07, 6.45) is 3.76. The second-order valence-corrected chi connectivity index (χ2v) is 8.21. The van der Waals surface area contributed by atoms with E-state index in [2.05, 4.69) is 0 Å². The second-order valence-electron chi connectivity index (χ2n) is 7.77. The smallest absolute Gasteiger partial charge is 0.240 e. The minimum absolute atomic E-state index is 0.141. The Bertz CT molecular complexity index is 1130. The molecule has 30 heavy (non-hydrogen) atoms. The summed E-state index contributed by atoms with van der Waals surface area (Å²) in [5, 5.41) is 0.388. The van der Waals surface area contributed by atoms with Crippen LogP contribution in [0.1, 0.15) is 24.1 Å². The van der Waals surface area contributed by atoms with Crippen molar-refractivity contribution in [2.45, 2.75) is 19.0 Å². The third-order valence-corrected chi connectivity index (χ3v) is 6.49. The topological polar surface area (TPSA) is 66.9 Å². The molecular weight excluding hydrogens is 404 g/mol. The molecule has 5 rings (SSSR count). The number of benzene rings is 2. The lowest BCUT2D eigenvalue weighted by molar-refractivity contribution is -0.129. The van der Waals surface area contributed by atoms with E-state index < -0.39 is 23.8 Å². The number of hydrogen-bond acceptors (Lipinski definition) is 5. The number of carbonyl (C=O) groups excluding carboxylic acids is 3. The molecule has 3 heterocycles. The molecule has 2 fully saturated rings. The highest BCUT2D eigenvalue weighted by Gasteiger charge is 2.64. The average Bonchev–Trinajstić information content (AvgIpc) is 3.21. The molecule has 2 amide bonds. The number of fused-ring (bicyclic) bond motifs is 5. The molecule has 152 valence electrons. The Morgan fingerprint density at radius 3 is 2.53 bits per heavy atom. The summed E-state index contributed by atoms with van der Waals surface area (Å²) in [5.74, 6) is -1.93. The van der Waals surface area contributed by atoms with Gasteiger partial charge in [-0.3, -0.25) is 14.4 Å². The van der Waals surface area contributed by atoms with E-state index in [0.29, 0.717) is 16.5 Å². The fourth-order valence-corrected chi connectivity index (χ4v) is 5.26. The standard InChI is InChI=1S/C23H19ClN2O4/c1-12(27)20-18-19(21-15-6-4-3-5-13(15)9-10-25(20)21)23(29)26(22(18)28)16-11-14(24)7-8-17(16)30-2/h3-11,18-21H,1-2H3/t18-,19-,20+,21+/m0/s1. The van der Waals surface area contributed by atoms with Crippen molar-refractivity contribution in [1.82, 2.24) is 4.90 Å². The number of methoxy groups -OCH3 is 1. The zero-order valence-electron chi connectivity index (χ0n) is 16.4.